The second-order valence-corrected chi connectivity index (χ2v) is 6.60. The van der Waals surface area contributed by atoms with Crippen LogP contribution in [0.4, 0.5) is 0 Å². The average Bonchev–Trinajstić information content (AvgIpc) is 2.14. The van der Waals surface area contributed by atoms with Crippen LogP contribution < -0.4 is 5.32 Å². The van der Waals surface area contributed by atoms with Crippen molar-refractivity contribution >= 4 is 0 Å². The smallest absolute Gasteiger partial charge is 0.0579 e. The third-order valence-electron chi connectivity index (χ3n) is 3.06. The highest BCUT2D eigenvalue weighted by Crippen LogP contribution is 2.23. The van der Waals surface area contributed by atoms with E-state index in [0.29, 0.717) is 23.7 Å². The lowest BCUT2D eigenvalue weighted by Gasteiger charge is -2.32. The van der Waals surface area contributed by atoms with E-state index in [2.05, 4.69) is 39.9 Å². The standard InChI is InChI=1S/C14H29NO/c1-11(2)16-13-8-6-12(7-9-13)15-10-14(3,4)5/h11-13,15H,6-10H2,1-5H3. The molecule has 0 unspecified atom stereocenters. The van der Waals surface area contributed by atoms with Crippen LogP contribution in [0.1, 0.15) is 60.3 Å². The fourth-order valence-corrected chi connectivity index (χ4v) is 2.24. The van der Waals surface area contributed by atoms with Gasteiger partial charge >= 0.3 is 0 Å². The zero-order chi connectivity index (χ0) is 12.2. The summed E-state index contributed by atoms with van der Waals surface area (Å²) in [7, 11) is 0. The Bertz CT molecular complexity index is 187. The maximum Gasteiger partial charge on any atom is 0.0579 e. The molecular formula is C14H29NO. The van der Waals surface area contributed by atoms with Crippen LogP contribution >= 0.6 is 0 Å². The zero-order valence-corrected chi connectivity index (χ0v) is 11.7. The van der Waals surface area contributed by atoms with E-state index in [0.717, 1.165) is 6.54 Å². The minimum absolute atomic E-state index is 0.379. The van der Waals surface area contributed by atoms with E-state index >= 15 is 0 Å². The molecule has 1 rings (SSSR count). The van der Waals surface area contributed by atoms with E-state index in [1.807, 2.05) is 0 Å². The molecule has 0 heterocycles. The molecule has 0 spiro atoms. The van der Waals surface area contributed by atoms with E-state index < -0.39 is 0 Å². The lowest BCUT2D eigenvalue weighted by atomic mass is 9.91. The number of nitrogens with one attached hydrogen (secondary N) is 1. The molecule has 0 radical (unpaired) electrons. The van der Waals surface area contributed by atoms with Crippen LogP contribution in [-0.2, 0) is 4.74 Å². The summed E-state index contributed by atoms with van der Waals surface area (Å²) in [4.78, 5) is 0. The summed E-state index contributed by atoms with van der Waals surface area (Å²) >= 11 is 0. The Labute approximate surface area is 101 Å². The van der Waals surface area contributed by atoms with Crippen molar-refractivity contribution in [2.24, 2.45) is 5.41 Å². The van der Waals surface area contributed by atoms with Crippen LogP contribution in [-0.4, -0.2) is 24.8 Å². The summed E-state index contributed by atoms with van der Waals surface area (Å²) in [6, 6.07) is 0.714. The normalized spacial score (nSPS) is 27.4. The number of hydrogen-bond donors (Lipinski definition) is 1. The van der Waals surface area contributed by atoms with Gasteiger partial charge < -0.3 is 10.1 Å². The minimum atomic E-state index is 0.379. The van der Waals surface area contributed by atoms with Gasteiger partial charge in [0.05, 0.1) is 12.2 Å². The summed E-state index contributed by atoms with van der Waals surface area (Å²) in [5, 5.41) is 3.68. The molecule has 1 fully saturated rings. The third-order valence-corrected chi connectivity index (χ3v) is 3.06. The first-order valence-corrected chi connectivity index (χ1v) is 6.75. The van der Waals surface area contributed by atoms with Crippen LogP contribution in [0, 0.1) is 5.41 Å². The largest absolute Gasteiger partial charge is 0.376 e. The Hall–Kier alpha value is -0.0800. The first kappa shape index (κ1) is 14.0. The lowest BCUT2D eigenvalue weighted by Crippen LogP contribution is -2.39. The third kappa shape index (κ3) is 5.86. The zero-order valence-electron chi connectivity index (χ0n) is 11.7. The number of hydrogen-bond acceptors (Lipinski definition) is 2. The summed E-state index contributed by atoms with van der Waals surface area (Å²) in [5.41, 5.74) is 0.394. The SMILES string of the molecule is CC(C)OC1CCC(NCC(C)(C)C)CC1. The molecule has 0 aromatic rings. The van der Waals surface area contributed by atoms with Crippen molar-refractivity contribution in [2.75, 3.05) is 6.54 Å². The molecule has 16 heavy (non-hydrogen) atoms. The van der Waals surface area contributed by atoms with Crippen molar-refractivity contribution < 1.29 is 4.74 Å². The Balaban J connectivity index is 2.17. The molecule has 2 heteroatoms. The van der Waals surface area contributed by atoms with Crippen molar-refractivity contribution in [1.29, 1.82) is 0 Å². The van der Waals surface area contributed by atoms with E-state index in [-0.39, 0.29) is 0 Å². The Morgan fingerprint density at radius 1 is 1.12 bits per heavy atom. The highest BCUT2D eigenvalue weighted by Gasteiger charge is 2.23. The Kier molecular flexibility index (Phi) is 5.26. The molecule has 0 aliphatic heterocycles. The fourth-order valence-electron chi connectivity index (χ4n) is 2.24. The second-order valence-electron chi connectivity index (χ2n) is 6.60. The van der Waals surface area contributed by atoms with E-state index in [9.17, 15) is 0 Å². The van der Waals surface area contributed by atoms with Crippen LogP contribution in [0.5, 0.6) is 0 Å². The van der Waals surface area contributed by atoms with E-state index in [1.165, 1.54) is 25.7 Å². The van der Waals surface area contributed by atoms with Crippen molar-refractivity contribution in [3.8, 4) is 0 Å². The van der Waals surface area contributed by atoms with Gasteiger partial charge in [0.1, 0.15) is 0 Å². The van der Waals surface area contributed by atoms with Gasteiger partial charge in [-0.1, -0.05) is 20.8 Å². The summed E-state index contributed by atoms with van der Waals surface area (Å²) < 4.78 is 5.86. The molecule has 1 aliphatic carbocycles. The monoisotopic (exact) mass is 227 g/mol. The van der Waals surface area contributed by atoms with Gasteiger partial charge in [0, 0.05) is 12.6 Å². The molecule has 0 bridgehead atoms. The van der Waals surface area contributed by atoms with Crippen molar-refractivity contribution in [1.82, 2.24) is 5.32 Å². The minimum Gasteiger partial charge on any atom is -0.376 e. The maximum absolute atomic E-state index is 5.86. The number of rotatable bonds is 4. The van der Waals surface area contributed by atoms with Gasteiger partial charge in [-0.3, -0.25) is 0 Å². The van der Waals surface area contributed by atoms with Gasteiger partial charge in [0.25, 0.3) is 0 Å². The topological polar surface area (TPSA) is 21.3 Å². The first-order valence-electron chi connectivity index (χ1n) is 6.75. The molecule has 0 atom stereocenters. The van der Waals surface area contributed by atoms with Gasteiger partial charge in [0.2, 0.25) is 0 Å². The van der Waals surface area contributed by atoms with Crippen LogP contribution in [0.15, 0.2) is 0 Å². The lowest BCUT2D eigenvalue weighted by molar-refractivity contribution is -0.0165. The molecule has 0 aromatic heterocycles. The van der Waals surface area contributed by atoms with Gasteiger partial charge in [-0.25, -0.2) is 0 Å². The average molecular weight is 227 g/mol. The van der Waals surface area contributed by atoms with Gasteiger partial charge in [-0.15, -0.1) is 0 Å². The van der Waals surface area contributed by atoms with Crippen LogP contribution in [0.2, 0.25) is 0 Å². The molecule has 1 saturated carbocycles. The number of ether oxygens (including phenoxy) is 1. The molecule has 1 N–H and O–H groups in total. The molecular weight excluding hydrogens is 198 g/mol. The Morgan fingerprint density at radius 2 is 1.69 bits per heavy atom. The maximum atomic E-state index is 5.86. The van der Waals surface area contributed by atoms with Crippen molar-refractivity contribution in [3.63, 3.8) is 0 Å². The van der Waals surface area contributed by atoms with E-state index in [1.54, 1.807) is 0 Å². The molecule has 96 valence electrons. The van der Waals surface area contributed by atoms with Crippen molar-refractivity contribution in [2.45, 2.75) is 78.6 Å². The van der Waals surface area contributed by atoms with Gasteiger partial charge in [-0.05, 0) is 44.9 Å². The second kappa shape index (κ2) is 6.02. The Morgan fingerprint density at radius 3 is 2.12 bits per heavy atom. The van der Waals surface area contributed by atoms with Gasteiger partial charge in [0.15, 0.2) is 0 Å². The molecule has 2 nitrogen and oxygen atoms in total. The summed E-state index contributed by atoms with van der Waals surface area (Å²) in [6.45, 7) is 12.2. The van der Waals surface area contributed by atoms with Gasteiger partial charge in [-0.2, -0.15) is 0 Å². The summed E-state index contributed by atoms with van der Waals surface area (Å²) in [5.74, 6) is 0. The van der Waals surface area contributed by atoms with Crippen molar-refractivity contribution in [3.05, 3.63) is 0 Å². The molecule has 0 saturated heterocycles. The predicted molar refractivity (Wildman–Crippen MR) is 69.7 cm³/mol. The molecule has 0 amide bonds. The quantitative estimate of drug-likeness (QED) is 0.795. The predicted octanol–water partition coefficient (Wildman–Crippen LogP) is 3.36. The highest BCUT2D eigenvalue weighted by molar-refractivity contribution is 4.79. The molecule has 1 aliphatic rings. The fraction of sp³-hybridized carbons (Fsp3) is 1.00. The molecule has 0 aromatic carbocycles. The summed E-state index contributed by atoms with van der Waals surface area (Å²) in [6.07, 6.45) is 5.87. The first-order chi connectivity index (χ1) is 7.37. The van der Waals surface area contributed by atoms with Crippen LogP contribution in [0.3, 0.4) is 0 Å². The van der Waals surface area contributed by atoms with E-state index in [4.69, 9.17) is 4.74 Å². The van der Waals surface area contributed by atoms with Crippen LogP contribution in [0.25, 0.3) is 0 Å². The highest BCUT2D eigenvalue weighted by atomic mass is 16.5.